The third kappa shape index (κ3) is 3.83. The molecule has 0 aromatic heterocycles. The van der Waals surface area contributed by atoms with Crippen molar-refractivity contribution in [3.63, 3.8) is 0 Å². The molecule has 0 spiro atoms. The maximum absolute atomic E-state index is 11.9. The smallest absolute Gasteiger partial charge is 0.242 e. The van der Waals surface area contributed by atoms with Crippen LogP contribution in [-0.2, 0) is 9.59 Å². The highest BCUT2D eigenvalue weighted by molar-refractivity contribution is 5.83. The van der Waals surface area contributed by atoms with Crippen molar-refractivity contribution < 1.29 is 9.59 Å². The van der Waals surface area contributed by atoms with Gasteiger partial charge in [0.25, 0.3) is 0 Å². The van der Waals surface area contributed by atoms with Crippen LogP contribution in [0.25, 0.3) is 0 Å². The van der Waals surface area contributed by atoms with E-state index in [1.165, 1.54) is 6.92 Å². The second-order valence-electron chi connectivity index (χ2n) is 4.38. The van der Waals surface area contributed by atoms with Crippen LogP contribution in [0.1, 0.15) is 39.5 Å². The van der Waals surface area contributed by atoms with Gasteiger partial charge in [0, 0.05) is 26.6 Å². The van der Waals surface area contributed by atoms with E-state index in [0.717, 1.165) is 38.8 Å². The maximum Gasteiger partial charge on any atom is 0.242 e. The second-order valence-corrected chi connectivity index (χ2v) is 4.38. The first kappa shape index (κ1) is 13.0. The van der Waals surface area contributed by atoms with Gasteiger partial charge >= 0.3 is 0 Å². The van der Waals surface area contributed by atoms with E-state index in [2.05, 4.69) is 6.92 Å². The van der Waals surface area contributed by atoms with Crippen molar-refractivity contribution in [3.05, 3.63) is 0 Å². The third-order valence-corrected chi connectivity index (χ3v) is 3.01. The number of likely N-dealkylation sites (tertiary alicyclic amines) is 1. The largest absolute Gasteiger partial charge is 0.341 e. The molecule has 16 heavy (non-hydrogen) atoms. The van der Waals surface area contributed by atoms with Crippen LogP contribution < -0.4 is 0 Å². The van der Waals surface area contributed by atoms with Gasteiger partial charge in [0.15, 0.2) is 0 Å². The fourth-order valence-corrected chi connectivity index (χ4v) is 1.93. The number of unbranched alkanes of at least 4 members (excludes halogenated alkanes) is 1. The highest BCUT2D eigenvalue weighted by Gasteiger charge is 2.21. The minimum Gasteiger partial charge on any atom is -0.341 e. The van der Waals surface area contributed by atoms with Gasteiger partial charge in [-0.3, -0.25) is 9.59 Å². The summed E-state index contributed by atoms with van der Waals surface area (Å²) < 4.78 is 0. The van der Waals surface area contributed by atoms with Crippen molar-refractivity contribution in [2.75, 3.05) is 26.2 Å². The molecule has 4 heteroatoms. The molecule has 1 saturated heterocycles. The second kappa shape index (κ2) is 6.51. The van der Waals surface area contributed by atoms with Crippen LogP contribution >= 0.6 is 0 Å². The van der Waals surface area contributed by atoms with E-state index >= 15 is 0 Å². The number of amides is 2. The van der Waals surface area contributed by atoms with E-state index in [9.17, 15) is 9.59 Å². The highest BCUT2D eigenvalue weighted by Crippen LogP contribution is 2.08. The number of hydrogen-bond donors (Lipinski definition) is 0. The van der Waals surface area contributed by atoms with Crippen molar-refractivity contribution in [2.24, 2.45) is 0 Å². The minimum atomic E-state index is 0.000923. The van der Waals surface area contributed by atoms with E-state index < -0.39 is 0 Å². The first-order valence-corrected chi connectivity index (χ1v) is 6.18. The Labute approximate surface area is 97.6 Å². The molecule has 92 valence electrons. The van der Waals surface area contributed by atoms with Gasteiger partial charge in [0.2, 0.25) is 11.8 Å². The first-order valence-electron chi connectivity index (χ1n) is 6.18. The van der Waals surface area contributed by atoms with Gasteiger partial charge in [-0.05, 0) is 19.3 Å². The van der Waals surface area contributed by atoms with Crippen LogP contribution in [0.4, 0.5) is 0 Å². The molecule has 1 aliphatic heterocycles. The number of rotatable bonds is 5. The Kier molecular flexibility index (Phi) is 5.29. The Bertz CT molecular complexity index is 247. The molecule has 1 aliphatic rings. The normalized spacial score (nSPS) is 15.2. The lowest BCUT2D eigenvalue weighted by Crippen LogP contribution is -2.41. The molecule has 0 aromatic carbocycles. The van der Waals surface area contributed by atoms with Crippen LogP contribution in [0.3, 0.4) is 0 Å². The molecule has 0 aliphatic carbocycles. The summed E-state index contributed by atoms with van der Waals surface area (Å²) >= 11 is 0. The summed E-state index contributed by atoms with van der Waals surface area (Å²) in [7, 11) is 0. The molecular weight excluding hydrogens is 204 g/mol. The SMILES string of the molecule is CCCCN(CC(=O)N1CCCC1)C(C)=O. The fraction of sp³-hybridized carbons (Fsp3) is 0.833. The minimum absolute atomic E-state index is 0.000923. The lowest BCUT2D eigenvalue weighted by molar-refractivity contribution is -0.138. The zero-order chi connectivity index (χ0) is 12.0. The van der Waals surface area contributed by atoms with Crippen LogP contribution in [0.15, 0.2) is 0 Å². The molecule has 1 heterocycles. The molecule has 0 atom stereocenters. The Balaban J connectivity index is 2.40. The number of nitrogens with zero attached hydrogens (tertiary/aromatic N) is 2. The van der Waals surface area contributed by atoms with Gasteiger partial charge in [-0.25, -0.2) is 0 Å². The van der Waals surface area contributed by atoms with Gasteiger partial charge in [-0.2, -0.15) is 0 Å². The van der Waals surface area contributed by atoms with Crippen molar-refractivity contribution in [1.29, 1.82) is 0 Å². The van der Waals surface area contributed by atoms with Gasteiger partial charge < -0.3 is 9.80 Å². The summed E-state index contributed by atoms with van der Waals surface area (Å²) in [5.41, 5.74) is 0. The van der Waals surface area contributed by atoms with E-state index in [0.29, 0.717) is 6.54 Å². The molecule has 1 fully saturated rings. The average molecular weight is 226 g/mol. The predicted octanol–water partition coefficient (Wildman–Crippen LogP) is 1.26. The maximum atomic E-state index is 11.9. The van der Waals surface area contributed by atoms with Crippen LogP contribution in [-0.4, -0.2) is 47.8 Å². The summed E-state index contributed by atoms with van der Waals surface area (Å²) in [6.07, 6.45) is 4.20. The molecule has 0 aromatic rings. The quantitative estimate of drug-likeness (QED) is 0.708. The Morgan fingerprint density at radius 1 is 1.25 bits per heavy atom. The topological polar surface area (TPSA) is 40.6 Å². The van der Waals surface area contributed by atoms with Gasteiger partial charge in [0.05, 0.1) is 6.54 Å². The molecule has 0 unspecified atom stereocenters. The van der Waals surface area contributed by atoms with Crippen molar-refractivity contribution in [3.8, 4) is 0 Å². The summed E-state index contributed by atoms with van der Waals surface area (Å²) in [4.78, 5) is 26.7. The summed E-state index contributed by atoms with van der Waals surface area (Å²) in [5, 5.41) is 0. The number of hydrogen-bond acceptors (Lipinski definition) is 2. The Morgan fingerprint density at radius 3 is 2.38 bits per heavy atom. The monoisotopic (exact) mass is 226 g/mol. The van der Waals surface area contributed by atoms with Crippen LogP contribution in [0, 0.1) is 0 Å². The molecule has 0 N–H and O–H groups in total. The molecule has 0 bridgehead atoms. The molecule has 2 amide bonds. The van der Waals surface area contributed by atoms with Gasteiger partial charge in [-0.1, -0.05) is 13.3 Å². The van der Waals surface area contributed by atoms with Crippen molar-refractivity contribution in [2.45, 2.75) is 39.5 Å². The van der Waals surface area contributed by atoms with Crippen LogP contribution in [0.5, 0.6) is 0 Å². The highest BCUT2D eigenvalue weighted by atomic mass is 16.2. The Hall–Kier alpha value is -1.06. The lowest BCUT2D eigenvalue weighted by atomic mass is 10.3. The van der Waals surface area contributed by atoms with Crippen molar-refractivity contribution in [1.82, 2.24) is 9.80 Å². The van der Waals surface area contributed by atoms with E-state index in [1.54, 1.807) is 4.90 Å². The summed E-state index contributed by atoms with van der Waals surface area (Å²) in [6.45, 7) is 6.30. The predicted molar refractivity (Wildman–Crippen MR) is 63.0 cm³/mol. The first-order chi connectivity index (χ1) is 7.65. The van der Waals surface area contributed by atoms with Crippen molar-refractivity contribution >= 4 is 11.8 Å². The molecule has 0 saturated carbocycles. The number of carbonyl (C=O) groups excluding carboxylic acids is 2. The van der Waals surface area contributed by atoms with E-state index in [-0.39, 0.29) is 18.4 Å². The number of carbonyl (C=O) groups is 2. The zero-order valence-electron chi connectivity index (χ0n) is 10.4. The fourth-order valence-electron chi connectivity index (χ4n) is 1.93. The molecular formula is C12H22N2O2. The summed E-state index contributed by atoms with van der Waals surface area (Å²) in [6, 6.07) is 0. The zero-order valence-corrected chi connectivity index (χ0v) is 10.4. The van der Waals surface area contributed by atoms with E-state index in [4.69, 9.17) is 0 Å². The average Bonchev–Trinajstić information content (AvgIpc) is 2.76. The molecule has 1 rings (SSSR count). The standard InChI is InChI=1S/C12H22N2O2/c1-3-4-7-14(11(2)15)10-12(16)13-8-5-6-9-13/h3-10H2,1-2H3. The molecule has 4 nitrogen and oxygen atoms in total. The summed E-state index contributed by atoms with van der Waals surface area (Å²) in [5.74, 6) is 0.102. The van der Waals surface area contributed by atoms with Crippen LogP contribution in [0.2, 0.25) is 0 Å². The van der Waals surface area contributed by atoms with E-state index in [1.807, 2.05) is 4.90 Å². The molecule has 0 radical (unpaired) electrons. The third-order valence-electron chi connectivity index (χ3n) is 3.01. The van der Waals surface area contributed by atoms with Gasteiger partial charge in [-0.15, -0.1) is 0 Å². The lowest BCUT2D eigenvalue weighted by Gasteiger charge is -2.23. The van der Waals surface area contributed by atoms with Gasteiger partial charge in [0.1, 0.15) is 0 Å². The Morgan fingerprint density at radius 2 is 1.88 bits per heavy atom.